The van der Waals surface area contributed by atoms with Gasteiger partial charge in [-0.25, -0.2) is 0 Å². The van der Waals surface area contributed by atoms with Crippen molar-refractivity contribution < 1.29 is 0 Å². The van der Waals surface area contributed by atoms with E-state index in [0.29, 0.717) is 0 Å². The second-order valence-electron chi connectivity index (χ2n) is 13.6. The first-order valence-electron chi connectivity index (χ1n) is 17.6. The van der Waals surface area contributed by atoms with Gasteiger partial charge >= 0.3 is 0 Å². The summed E-state index contributed by atoms with van der Waals surface area (Å²) in [5.74, 6) is 0. The molecular formula is C49H31NS. The standard InChI is InChI=1S/C49H31NS/c1-4-16-32(17-5-1)33-28-29-38-42(30-33)49(40-25-13-10-22-36(40)37-23-11-14-26-41(37)49)43-31-45-47(39-24-12-15-27-44(39)51-45)48(46(38)43)50(34-18-6-2-7-19-34)35-20-8-3-9-21-35/h1-31H. The molecule has 0 saturated carbocycles. The van der Waals surface area contributed by atoms with Crippen LogP contribution in [0.25, 0.3) is 53.6 Å². The third-order valence-corrected chi connectivity index (χ3v) is 12.2. The van der Waals surface area contributed by atoms with Gasteiger partial charge in [0.05, 0.1) is 11.1 Å². The fourth-order valence-corrected chi connectivity index (χ4v) is 10.2. The first kappa shape index (κ1) is 28.6. The maximum atomic E-state index is 2.55. The van der Waals surface area contributed by atoms with E-state index in [1.165, 1.54) is 81.5 Å². The summed E-state index contributed by atoms with van der Waals surface area (Å²) in [5.41, 5.74) is 16.2. The van der Waals surface area contributed by atoms with Crippen LogP contribution in [0, 0.1) is 0 Å². The Morgan fingerprint density at radius 2 is 0.961 bits per heavy atom. The molecule has 0 fully saturated rings. The average molecular weight is 666 g/mol. The Morgan fingerprint density at radius 3 is 1.63 bits per heavy atom. The molecule has 0 unspecified atom stereocenters. The van der Waals surface area contributed by atoms with Gasteiger partial charge in [-0.1, -0.05) is 146 Å². The van der Waals surface area contributed by atoms with Gasteiger partial charge in [0.2, 0.25) is 0 Å². The van der Waals surface area contributed by atoms with Crippen molar-refractivity contribution in [2.45, 2.75) is 5.41 Å². The molecule has 0 N–H and O–H groups in total. The van der Waals surface area contributed by atoms with Crippen molar-refractivity contribution in [1.82, 2.24) is 0 Å². The van der Waals surface area contributed by atoms with Crippen molar-refractivity contribution in [3.63, 3.8) is 0 Å². The number of para-hydroxylation sites is 2. The number of benzene rings is 8. The van der Waals surface area contributed by atoms with E-state index in [0.717, 1.165) is 11.4 Å². The van der Waals surface area contributed by atoms with Crippen LogP contribution in [0.4, 0.5) is 17.1 Å². The molecule has 11 rings (SSSR count). The highest BCUT2D eigenvalue weighted by Crippen LogP contribution is 2.66. The molecule has 0 bridgehead atoms. The number of hydrogen-bond donors (Lipinski definition) is 0. The van der Waals surface area contributed by atoms with Gasteiger partial charge in [-0.2, -0.15) is 0 Å². The molecule has 8 aromatic carbocycles. The van der Waals surface area contributed by atoms with Crippen LogP contribution < -0.4 is 4.90 Å². The van der Waals surface area contributed by atoms with Crippen LogP contribution in [0.5, 0.6) is 0 Å². The molecule has 0 amide bonds. The Balaban J connectivity index is 1.37. The summed E-state index contributed by atoms with van der Waals surface area (Å²) in [6.45, 7) is 0. The summed E-state index contributed by atoms with van der Waals surface area (Å²) in [7, 11) is 0. The molecule has 0 aliphatic heterocycles. The number of nitrogens with zero attached hydrogens (tertiary/aromatic N) is 1. The van der Waals surface area contributed by atoms with Gasteiger partial charge in [0.15, 0.2) is 0 Å². The highest BCUT2D eigenvalue weighted by molar-refractivity contribution is 7.26. The lowest BCUT2D eigenvalue weighted by atomic mass is 9.70. The van der Waals surface area contributed by atoms with Gasteiger partial charge in [-0.3, -0.25) is 0 Å². The van der Waals surface area contributed by atoms with E-state index >= 15 is 0 Å². The molecule has 0 saturated heterocycles. The third-order valence-electron chi connectivity index (χ3n) is 11.0. The van der Waals surface area contributed by atoms with Crippen molar-refractivity contribution in [1.29, 1.82) is 0 Å². The maximum absolute atomic E-state index is 2.55. The lowest BCUT2D eigenvalue weighted by molar-refractivity contribution is 0.795. The lowest BCUT2D eigenvalue weighted by Crippen LogP contribution is -2.26. The SMILES string of the molecule is c1ccc(-c2ccc3c(c2)C2(c4ccccc4-c4ccccc42)c2cc4sc5ccccc5c4c(N(c4ccccc4)c4ccccc4)c2-3)cc1. The van der Waals surface area contributed by atoms with Crippen molar-refractivity contribution in [2.75, 3.05) is 4.90 Å². The van der Waals surface area contributed by atoms with Gasteiger partial charge in [0.1, 0.15) is 0 Å². The molecule has 1 spiro atoms. The van der Waals surface area contributed by atoms with Crippen LogP contribution in [-0.2, 0) is 5.41 Å². The fourth-order valence-electron chi connectivity index (χ4n) is 9.06. The second kappa shape index (κ2) is 10.9. The third kappa shape index (κ3) is 3.91. The minimum atomic E-state index is -0.485. The number of hydrogen-bond acceptors (Lipinski definition) is 2. The van der Waals surface area contributed by atoms with E-state index in [4.69, 9.17) is 0 Å². The normalized spacial score (nSPS) is 13.3. The van der Waals surface area contributed by atoms with Gasteiger partial charge in [0.25, 0.3) is 0 Å². The summed E-state index contributed by atoms with van der Waals surface area (Å²) in [5, 5.41) is 2.60. The molecule has 1 heterocycles. The van der Waals surface area contributed by atoms with Crippen LogP contribution in [0.2, 0.25) is 0 Å². The van der Waals surface area contributed by atoms with Crippen LogP contribution in [0.1, 0.15) is 22.3 Å². The molecule has 238 valence electrons. The van der Waals surface area contributed by atoms with E-state index in [9.17, 15) is 0 Å². The summed E-state index contributed by atoms with van der Waals surface area (Å²) in [6, 6.07) is 69.6. The maximum Gasteiger partial charge on any atom is 0.0727 e. The highest BCUT2D eigenvalue weighted by Gasteiger charge is 2.53. The Bertz CT molecular complexity index is 2710. The molecule has 2 aliphatic rings. The Hall–Kier alpha value is -6.22. The first-order valence-corrected chi connectivity index (χ1v) is 18.4. The number of anilines is 3. The quantitative estimate of drug-likeness (QED) is 0.181. The average Bonchev–Trinajstić information content (AvgIpc) is 3.82. The summed E-state index contributed by atoms with van der Waals surface area (Å²) < 4.78 is 2.61. The predicted molar refractivity (Wildman–Crippen MR) is 216 cm³/mol. The Kier molecular flexibility index (Phi) is 6.11. The van der Waals surface area contributed by atoms with Crippen LogP contribution in [0.3, 0.4) is 0 Å². The molecule has 1 nitrogen and oxygen atoms in total. The molecule has 2 aliphatic carbocycles. The fraction of sp³-hybridized carbons (Fsp3) is 0.0204. The molecule has 0 atom stereocenters. The van der Waals surface area contributed by atoms with Gasteiger partial charge in [-0.05, 0) is 92.5 Å². The van der Waals surface area contributed by atoms with Gasteiger partial charge in [0, 0.05) is 37.1 Å². The molecular weight excluding hydrogens is 635 g/mol. The molecule has 51 heavy (non-hydrogen) atoms. The molecule has 9 aromatic rings. The van der Waals surface area contributed by atoms with Gasteiger partial charge < -0.3 is 4.90 Å². The van der Waals surface area contributed by atoms with Crippen molar-refractivity contribution in [2.24, 2.45) is 0 Å². The van der Waals surface area contributed by atoms with Crippen molar-refractivity contribution in [3.8, 4) is 33.4 Å². The minimum absolute atomic E-state index is 0.485. The number of fused-ring (bicyclic) bond motifs is 13. The van der Waals surface area contributed by atoms with Crippen LogP contribution in [0.15, 0.2) is 188 Å². The van der Waals surface area contributed by atoms with Crippen LogP contribution >= 0.6 is 11.3 Å². The van der Waals surface area contributed by atoms with Crippen molar-refractivity contribution in [3.05, 3.63) is 210 Å². The summed E-state index contributed by atoms with van der Waals surface area (Å²) >= 11 is 1.91. The number of thiophene rings is 1. The highest BCUT2D eigenvalue weighted by atomic mass is 32.1. The van der Waals surface area contributed by atoms with E-state index in [1.807, 2.05) is 11.3 Å². The Labute approximate surface area is 301 Å². The lowest BCUT2D eigenvalue weighted by Gasteiger charge is -2.32. The minimum Gasteiger partial charge on any atom is -0.309 e. The topological polar surface area (TPSA) is 3.24 Å². The summed E-state index contributed by atoms with van der Waals surface area (Å²) in [6.07, 6.45) is 0. The second-order valence-corrected chi connectivity index (χ2v) is 14.7. The monoisotopic (exact) mass is 665 g/mol. The van der Waals surface area contributed by atoms with E-state index in [2.05, 4.69) is 193 Å². The van der Waals surface area contributed by atoms with Gasteiger partial charge in [-0.15, -0.1) is 11.3 Å². The zero-order valence-electron chi connectivity index (χ0n) is 27.8. The molecule has 0 radical (unpaired) electrons. The van der Waals surface area contributed by atoms with E-state index in [1.54, 1.807) is 0 Å². The van der Waals surface area contributed by atoms with E-state index in [-0.39, 0.29) is 0 Å². The van der Waals surface area contributed by atoms with Crippen molar-refractivity contribution >= 4 is 48.6 Å². The number of rotatable bonds is 4. The zero-order chi connectivity index (χ0) is 33.5. The molecule has 2 heteroatoms. The first-order chi connectivity index (χ1) is 25.3. The smallest absolute Gasteiger partial charge is 0.0727 e. The van der Waals surface area contributed by atoms with Crippen LogP contribution in [-0.4, -0.2) is 0 Å². The Morgan fingerprint density at radius 1 is 0.392 bits per heavy atom. The van der Waals surface area contributed by atoms with E-state index < -0.39 is 5.41 Å². The summed E-state index contributed by atoms with van der Waals surface area (Å²) in [4.78, 5) is 2.51. The largest absolute Gasteiger partial charge is 0.309 e. The zero-order valence-corrected chi connectivity index (χ0v) is 28.6. The predicted octanol–water partition coefficient (Wildman–Crippen LogP) is 13.5. The molecule has 1 aromatic heterocycles.